The Morgan fingerprint density at radius 1 is 1.03 bits per heavy atom. The van der Waals surface area contributed by atoms with Crippen molar-refractivity contribution in [3.63, 3.8) is 0 Å². The van der Waals surface area contributed by atoms with Gasteiger partial charge in [-0.05, 0) is 35.9 Å². The fourth-order valence-electron chi connectivity index (χ4n) is 3.23. The largest absolute Gasteiger partial charge is 0.494 e. The van der Waals surface area contributed by atoms with Crippen molar-refractivity contribution in [1.29, 1.82) is 0 Å². The average Bonchev–Trinajstić information content (AvgIpc) is 3.05. The van der Waals surface area contributed by atoms with Crippen molar-refractivity contribution < 1.29 is 24.2 Å². The van der Waals surface area contributed by atoms with Crippen molar-refractivity contribution in [2.75, 3.05) is 11.1 Å². The van der Waals surface area contributed by atoms with Gasteiger partial charge < -0.3 is 20.1 Å². The lowest BCUT2D eigenvalue weighted by molar-refractivity contribution is -0.113. The average molecular weight is 451 g/mol. The molecule has 0 saturated heterocycles. The number of rotatable bonds is 7. The number of hydrogen-bond donors (Lipinski definition) is 3. The highest BCUT2D eigenvalue weighted by Crippen LogP contribution is 2.38. The van der Waals surface area contributed by atoms with Crippen LogP contribution in [0, 0.1) is 5.82 Å². The van der Waals surface area contributed by atoms with Gasteiger partial charge in [0.15, 0.2) is 5.88 Å². The van der Waals surface area contributed by atoms with Gasteiger partial charge in [-0.2, -0.15) is 0 Å². The summed E-state index contributed by atoms with van der Waals surface area (Å²) >= 11 is 1.25. The summed E-state index contributed by atoms with van der Waals surface area (Å²) in [5.41, 5.74) is 0.828. The topological polar surface area (TPSA) is 104 Å². The Kier molecular flexibility index (Phi) is 6.09. The number of carbonyl (C=O) groups excluding carboxylic acids is 1. The molecule has 0 aliphatic heterocycles. The molecule has 0 spiro atoms. The van der Waals surface area contributed by atoms with E-state index in [4.69, 9.17) is 5.11 Å². The number of carboxylic acids is 1. The number of nitrogens with zero attached hydrogens (tertiary/aromatic N) is 2. The lowest BCUT2D eigenvalue weighted by Gasteiger charge is -2.11. The molecular formula is C23H18FN3O4S. The van der Waals surface area contributed by atoms with E-state index >= 15 is 0 Å². The number of benzene rings is 2. The number of pyridine rings is 1. The number of anilines is 1. The first-order valence-corrected chi connectivity index (χ1v) is 10.6. The molecule has 2 aromatic heterocycles. The summed E-state index contributed by atoms with van der Waals surface area (Å²) in [4.78, 5) is 27.3. The molecule has 0 fully saturated rings. The van der Waals surface area contributed by atoms with Gasteiger partial charge in [0, 0.05) is 17.0 Å². The van der Waals surface area contributed by atoms with Crippen molar-refractivity contribution >= 4 is 40.2 Å². The van der Waals surface area contributed by atoms with Gasteiger partial charge in [0.1, 0.15) is 11.6 Å². The van der Waals surface area contributed by atoms with E-state index in [2.05, 4.69) is 10.3 Å². The second kappa shape index (κ2) is 9.11. The zero-order valence-corrected chi connectivity index (χ0v) is 17.5. The fourth-order valence-corrected chi connectivity index (χ4v) is 4.21. The Balaban J connectivity index is 1.54. The molecule has 0 unspecified atom stereocenters. The Hall–Kier alpha value is -3.85. The third-order valence-corrected chi connectivity index (χ3v) is 5.89. The molecule has 0 aliphatic rings. The van der Waals surface area contributed by atoms with Gasteiger partial charge in [-0.15, -0.1) is 0 Å². The normalized spacial score (nSPS) is 10.9. The molecule has 0 bridgehead atoms. The zero-order valence-electron chi connectivity index (χ0n) is 16.7. The van der Waals surface area contributed by atoms with Crippen LogP contribution in [0.1, 0.15) is 15.9 Å². The summed E-state index contributed by atoms with van der Waals surface area (Å²) < 4.78 is 15.0. The van der Waals surface area contributed by atoms with Crippen molar-refractivity contribution in [3.8, 4) is 5.88 Å². The van der Waals surface area contributed by atoms with Crippen LogP contribution in [0.4, 0.5) is 10.2 Å². The van der Waals surface area contributed by atoms with E-state index in [0.717, 1.165) is 10.9 Å². The zero-order chi connectivity index (χ0) is 22.7. The van der Waals surface area contributed by atoms with Gasteiger partial charge in [0.2, 0.25) is 5.91 Å². The van der Waals surface area contributed by atoms with E-state index in [1.54, 1.807) is 22.8 Å². The summed E-state index contributed by atoms with van der Waals surface area (Å²) in [5, 5.41) is 24.5. The molecule has 0 radical (unpaired) electrons. The second-order valence-electron chi connectivity index (χ2n) is 6.96. The Morgan fingerprint density at radius 2 is 1.75 bits per heavy atom. The third-order valence-electron chi connectivity index (χ3n) is 4.77. The predicted octanol–water partition coefficient (Wildman–Crippen LogP) is 4.36. The summed E-state index contributed by atoms with van der Waals surface area (Å²) in [7, 11) is 0. The molecule has 2 heterocycles. The van der Waals surface area contributed by atoms with Gasteiger partial charge >= 0.3 is 5.97 Å². The maximum atomic E-state index is 13.3. The highest BCUT2D eigenvalue weighted by Gasteiger charge is 2.18. The smallest absolute Gasteiger partial charge is 0.337 e. The van der Waals surface area contributed by atoms with Gasteiger partial charge in [0.25, 0.3) is 0 Å². The van der Waals surface area contributed by atoms with Crippen LogP contribution in [0.5, 0.6) is 5.88 Å². The lowest BCUT2D eigenvalue weighted by atomic mass is 10.2. The van der Waals surface area contributed by atoms with E-state index in [9.17, 15) is 19.1 Å². The summed E-state index contributed by atoms with van der Waals surface area (Å²) in [5.74, 6) is -1.41. The number of amides is 1. The van der Waals surface area contributed by atoms with E-state index in [1.165, 1.54) is 42.2 Å². The van der Waals surface area contributed by atoms with Gasteiger partial charge in [-0.25, -0.2) is 14.2 Å². The number of fused-ring (bicyclic) bond motifs is 1. The van der Waals surface area contributed by atoms with Crippen LogP contribution in [0.25, 0.3) is 10.8 Å². The Bertz CT molecular complexity index is 1290. The third kappa shape index (κ3) is 4.57. The minimum Gasteiger partial charge on any atom is -0.494 e. The molecule has 4 aromatic rings. The number of thioether (sulfide) groups is 1. The van der Waals surface area contributed by atoms with E-state index in [1.807, 2.05) is 18.2 Å². The van der Waals surface area contributed by atoms with Crippen molar-refractivity contribution in [2.24, 2.45) is 0 Å². The van der Waals surface area contributed by atoms with Crippen molar-refractivity contribution in [1.82, 2.24) is 9.55 Å². The molecule has 7 nitrogen and oxygen atoms in total. The molecule has 3 N–H and O–H groups in total. The van der Waals surface area contributed by atoms with E-state index < -0.39 is 5.97 Å². The molecule has 0 saturated carbocycles. The number of carbonyl (C=O) groups is 2. The fraction of sp³-hybridized carbons (Fsp3) is 0.0870. The summed E-state index contributed by atoms with van der Waals surface area (Å²) in [6, 6.07) is 16.1. The lowest BCUT2D eigenvalue weighted by Crippen LogP contribution is -2.15. The van der Waals surface area contributed by atoms with Crippen LogP contribution in [0.2, 0.25) is 0 Å². The van der Waals surface area contributed by atoms with Crippen LogP contribution in [0.15, 0.2) is 71.9 Å². The number of hydrogen-bond acceptors (Lipinski definition) is 5. The van der Waals surface area contributed by atoms with Gasteiger partial charge in [-0.1, -0.05) is 42.1 Å². The van der Waals surface area contributed by atoms with Crippen LogP contribution in [-0.2, 0) is 11.3 Å². The van der Waals surface area contributed by atoms with Gasteiger partial charge in [0.05, 0.1) is 22.9 Å². The van der Waals surface area contributed by atoms with Crippen LogP contribution in [-0.4, -0.2) is 37.4 Å². The Labute approximate surface area is 186 Å². The van der Waals surface area contributed by atoms with Crippen LogP contribution in [0.3, 0.4) is 0 Å². The molecule has 32 heavy (non-hydrogen) atoms. The SMILES string of the molecule is O=C(CSc1c2ccccc2c(O)n1Cc1ccc(F)cc1)Nc1ccc(C(=O)O)cn1. The number of aromatic carboxylic acids is 1. The predicted molar refractivity (Wildman–Crippen MR) is 120 cm³/mol. The first kappa shape index (κ1) is 21.4. The first-order valence-electron chi connectivity index (χ1n) is 9.59. The molecule has 9 heteroatoms. The molecule has 162 valence electrons. The minimum absolute atomic E-state index is 0.0259. The summed E-state index contributed by atoms with van der Waals surface area (Å²) in [6.45, 7) is 0.308. The van der Waals surface area contributed by atoms with Gasteiger partial charge in [-0.3, -0.25) is 4.79 Å². The monoisotopic (exact) mass is 451 g/mol. The maximum Gasteiger partial charge on any atom is 0.337 e. The quantitative estimate of drug-likeness (QED) is 0.361. The minimum atomic E-state index is -1.10. The number of aromatic hydroxyl groups is 1. The van der Waals surface area contributed by atoms with Crippen molar-refractivity contribution in [3.05, 3.63) is 83.8 Å². The Morgan fingerprint density at radius 3 is 2.41 bits per heavy atom. The molecular weight excluding hydrogens is 433 g/mol. The highest BCUT2D eigenvalue weighted by molar-refractivity contribution is 8.00. The molecule has 1 amide bonds. The van der Waals surface area contributed by atoms with Crippen molar-refractivity contribution in [2.45, 2.75) is 11.6 Å². The molecule has 0 atom stereocenters. The molecule has 2 aromatic carbocycles. The molecule has 0 aliphatic carbocycles. The van der Waals surface area contributed by atoms with E-state index in [0.29, 0.717) is 17.0 Å². The standard InChI is InChI=1S/C23H18FN3O4S/c24-16-8-5-14(6-9-16)12-27-21(29)17-3-1-2-4-18(17)22(27)32-13-20(28)26-19-10-7-15(11-25-19)23(30)31/h1-11,29H,12-13H2,(H,30,31)(H,25,26,28). The maximum absolute atomic E-state index is 13.3. The second-order valence-corrected chi connectivity index (χ2v) is 7.93. The number of aromatic nitrogens is 2. The van der Waals surface area contributed by atoms with Crippen LogP contribution >= 0.6 is 11.8 Å². The highest BCUT2D eigenvalue weighted by atomic mass is 32.2. The number of carboxylic acid groups (broad SMARTS) is 1. The number of nitrogens with one attached hydrogen (secondary N) is 1. The first-order chi connectivity index (χ1) is 15.4. The summed E-state index contributed by atoms with van der Waals surface area (Å²) in [6.07, 6.45) is 1.17. The van der Waals surface area contributed by atoms with E-state index in [-0.39, 0.29) is 34.7 Å². The van der Waals surface area contributed by atoms with Crippen LogP contribution < -0.4 is 5.32 Å². The molecule has 4 rings (SSSR count). The number of halogens is 1.